The second kappa shape index (κ2) is 6.81. The molecule has 1 aromatic carbocycles. The molecule has 0 aliphatic carbocycles. The smallest absolute Gasteiger partial charge is 0.328 e. The van der Waals surface area contributed by atoms with E-state index in [4.69, 9.17) is 0 Å². The summed E-state index contributed by atoms with van der Waals surface area (Å²) in [5.41, 5.74) is 1.96. The molecular formula is C20H21N3O3S. The molecule has 7 heteroatoms. The highest BCUT2D eigenvalue weighted by molar-refractivity contribution is 7.12. The molecule has 0 bridgehead atoms. The molecule has 1 aliphatic heterocycles. The molecule has 0 saturated carbocycles. The van der Waals surface area contributed by atoms with Crippen LogP contribution in [0.3, 0.4) is 0 Å². The third-order valence-electron chi connectivity index (χ3n) is 5.36. The summed E-state index contributed by atoms with van der Waals surface area (Å²) < 4.78 is 3.12. The van der Waals surface area contributed by atoms with E-state index in [2.05, 4.69) is 0 Å². The summed E-state index contributed by atoms with van der Waals surface area (Å²) in [6, 6.07) is 9.06. The molecule has 0 radical (unpaired) electrons. The third kappa shape index (κ3) is 3.02. The molecule has 3 aromatic rings. The quantitative estimate of drug-likeness (QED) is 0.653. The zero-order valence-electron chi connectivity index (χ0n) is 15.3. The topological polar surface area (TPSA) is 64.3 Å². The molecule has 6 nitrogen and oxygen atoms in total. The summed E-state index contributed by atoms with van der Waals surface area (Å²) in [5, 5.41) is 1.90. The zero-order chi connectivity index (χ0) is 19.1. The number of carbonyl (C=O) groups excluding carboxylic acids is 2. The van der Waals surface area contributed by atoms with Crippen LogP contribution in [0, 0.1) is 5.92 Å². The fraction of sp³-hybridized carbons (Fsp3) is 0.350. The van der Waals surface area contributed by atoms with Crippen LogP contribution in [0.25, 0.3) is 11.0 Å². The van der Waals surface area contributed by atoms with E-state index in [0.717, 1.165) is 28.8 Å². The number of imidazole rings is 1. The Kier molecular flexibility index (Phi) is 4.47. The molecule has 0 unspecified atom stereocenters. The Labute approximate surface area is 160 Å². The highest BCUT2D eigenvalue weighted by Crippen LogP contribution is 2.25. The molecule has 3 heterocycles. The number of aromatic nitrogens is 2. The fourth-order valence-corrected chi connectivity index (χ4v) is 4.56. The molecule has 27 heavy (non-hydrogen) atoms. The van der Waals surface area contributed by atoms with Crippen LogP contribution in [0.4, 0.5) is 0 Å². The van der Waals surface area contributed by atoms with Crippen molar-refractivity contribution in [3.63, 3.8) is 0 Å². The van der Waals surface area contributed by atoms with E-state index in [9.17, 15) is 14.4 Å². The number of ketones is 1. The van der Waals surface area contributed by atoms with E-state index in [-0.39, 0.29) is 23.3 Å². The number of likely N-dealkylation sites (tertiary alicyclic amines) is 1. The van der Waals surface area contributed by atoms with E-state index in [1.54, 1.807) is 40.3 Å². The van der Waals surface area contributed by atoms with Crippen LogP contribution < -0.4 is 5.69 Å². The van der Waals surface area contributed by atoms with Crippen molar-refractivity contribution in [3.05, 3.63) is 56.6 Å². The van der Waals surface area contributed by atoms with Gasteiger partial charge in [-0.05, 0) is 42.5 Å². The number of hydrogen-bond donors (Lipinski definition) is 0. The van der Waals surface area contributed by atoms with Gasteiger partial charge in [-0.3, -0.25) is 18.7 Å². The van der Waals surface area contributed by atoms with Gasteiger partial charge in [0, 0.05) is 38.7 Å². The lowest BCUT2D eigenvalue weighted by Gasteiger charge is -2.32. The third-order valence-corrected chi connectivity index (χ3v) is 6.25. The monoisotopic (exact) mass is 383 g/mol. The Hall–Kier alpha value is -2.67. The van der Waals surface area contributed by atoms with E-state index >= 15 is 0 Å². The molecule has 0 spiro atoms. The summed E-state index contributed by atoms with van der Waals surface area (Å²) >= 11 is 1.45. The number of amides is 1. The first kappa shape index (κ1) is 17.7. The zero-order valence-corrected chi connectivity index (χ0v) is 16.2. The van der Waals surface area contributed by atoms with Crippen molar-refractivity contribution in [2.24, 2.45) is 20.0 Å². The Morgan fingerprint density at radius 3 is 2.63 bits per heavy atom. The minimum absolute atomic E-state index is 0.0862. The first-order chi connectivity index (χ1) is 13.0. The highest BCUT2D eigenvalue weighted by atomic mass is 32.1. The maximum Gasteiger partial charge on any atom is 0.328 e. The van der Waals surface area contributed by atoms with Gasteiger partial charge in [0.2, 0.25) is 0 Å². The molecule has 1 atom stereocenters. The number of benzene rings is 1. The van der Waals surface area contributed by atoms with Gasteiger partial charge < -0.3 is 4.90 Å². The van der Waals surface area contributed by atoms with E-state index in [1.807, 2.05) is 23.6 Å². The average molecular weight is 383 g/mol. The SMILES string of the molecule is Cn1c(=O)n(C)c2cc(C(=O)N3CCC[C@H](C(=O)c4cccs4)C3)ccc21. The second-order valence-electron chi connectivity index (χ2n) is 7.04. The van der Waals surface area contributed by atoms with E-state index in [1.165, 1.54) is 11.3 Å². The maximum absolute atomic E-state index is 13.0. The van der Waals surface area contributed by atoms with Crippen LogP contribution in [0.1, 0.15) is 32.9 Å². The van der Waals surface area contributed by atoms with Crippen molar-refractivity contribution in [3.8, 4) is 0 Å². The largest absolute Gasteiger partial charge is 0.338 e. The molecule has 1 saturated heterocycles. The number of fused-ring (bicyclic) bond motifs is 1. The lowest BCUT2D eigenvalue weighted by molar-refractivity contribution is 0.0638. The van der Waals surface area contributed by atoms with Crippen molar-refractivity contribution in [1.82, 2.24) is 14.0 Å². The van der Waals surface area contributed by atoms with Crippen molar-refractivity contribution in [1.29, 1.82) is 0 Å². The summed E-state index contributed by atoms with van der Waals surface area (Å²) in [6.07, 6.45) is 1.63. The van der Waals surface area contributed by atoms with Gasteiger partial charge in [-0.25, -0.2) is 4.79 Å². The Morgan fingerprint density at radius 1 is 1.11 bits per heavy atom. The summed E-state index contributed by atoms with van der Waals surface area (Å²) in [6.45, 7) is 1.10. The molecule has 4 rings (SSSR count). The highest BCUT2D eigenvalue weighted by Gasteiger charge is 2.30. The van der Waals surface area contributed by atoms with Crippen LogP contribution >= 0.6 is 11.3 Å². The standard InChI is InChI=1S/C20H21N3O3S/c1-21-15-8-7-13(11-16(15)22(2)20(21)26)19(25)23-9-3-5-14(12-23)18(24)17-6-4-10-27-17/h4,6-8,10-11,14H,3,5,9,12H2,1-2H3/t14-/m0/s1. The van der Waals surface area contributed by atoms with Crippen LogP contribution in [-0.4, -0.2) is 38.8 Å². The predicted molar refractivity (Wildman–Crippen MR) is 105 cm³/mol. The molecule has 1 aliphatic rings. The van der Waals surface area contributed by atoms with Gasteiger partial charge in [0.25, 0.3) is 5.91 Å². The summed E-state index contributed by atoms with van der Waals surface area (Å²) in [4.78, 5) is 40.3. The van der Waals surface area contributed by atoms with Gasteiger partial charge in [-0.1, -0.05) is 6.07 Å². The molecular weight excluding hydrogens is 362 g/mol. The Morgan fingerprint density at radius 2 is 1.89 bits per heavy atom. The second-order valence-corrected chi connectivity index (χ2v) is 7.98. The maximum atomic E-state index is 13.0. The van der Waals surface area contributed by atoms with Gasteiger partial charge in [0.05, 0.1) is 15.9 Å². The number of rotatable bonds is 3. The van der Waals surface area contributed by atoms with Crippen molar-refractivity contribution >= 4 is 34.1 Å². The minimum Gasteiger partial charge on any atom is -0.338 e. The van der Waals surface area contributed by atoms with Gasteiger partial charge in [-0.2, -0.15) is 0 Å². The number of thiophene rings is 1. The molecule has 1 amide bonds. The Balaban J connectivity index is 1.59. The minimum atomic E-state index is -0.147. The van der Waals surface area contributed by atoms with Gasteiger partial charge in [0.1, 0.15) is 0 Å². The van der Waals surface area contributed by atoms with Crippen molar-refractivity contribution in [2.75, 3.05) is 13.1 Å². The summed E-state index contributed by atoms with van der Waals surface area (Å²) in [5.74, 6) is -0.105. The first-order valence-electron chi connectivity index (χ1n) is 9.00. The number of hydrogen-bond acceptors (Lipinski definition) is 4. The van der Waals surface area contributed by atoms with Crippen LogP contribution in [-0.2, 0) is 14.1 Å². The molecule has 140 valence electrons. The molecule has 2 aromatic heterocycles. The molecule has 1 fully saturated rings. The number of Topliss-reactive ketones (excluding diaryl/α,β-unsaturated/α-hetero) is 1. The van der Waals surface area contributed by atoms with Crippen LogP contribution in [0.5, 0.6) is 0 Å². The number of carbonyl (C=O) groups is 2. The van der Waals surface area contributed by atoms with E-state index in [0.29, 0.717) is 18.7 Å². The van der Waals surface area contributed by atoms with Gasteiger partial charge >= 0.3 is 5.69 Å². The number of nitrogens with zero attached hydrogens (tertiary/aromatic N) is 3. The van der Waals surface area contributed by atoms with E-state index < -0.39 is 0 Å². The predicted octanol–water partition coefficient (Wildman–Crippen LogP) is 2.67. The number of piperidine rings is 1. The lowest BCUT2D eigenvalue weighted by atomic mass is 9.92. The summed E-state index contributed by atoms with van der Waals surface area (Å²) in [7, 11) is 3.42. The van der Waals surface area contributed by atoms with Crippen LogP contribution in [0.2, 0.25) is 0 Å². The van der Waals surface area contributed by atoms with Gasteiger partial charge in [-0.15, -0.1) is 11.3 Å². The van der Waals surface area contributed by atoms with Crippen molar-refractivity contribution < 1.29 is 9.59 Å². The first-order valence-corrected chi connectivity index (χ1v) is 9.88. The van der Waals surface area contributed by atoms with Crippen molar-refractivity contribution in [2.45, 2.75) is 12.8 Å². The van der Waals surface area contributed by atoms with Crippen LogP contribution in [0.15, 0.2) is 40.5 Å². The molecule has 0 N–H and O–H groups in total. The van der Waals surface area contributed by atoms with Gasteiger partial charge in [0.15, 0.2) is 5.78 Å². The lowest BCUT2D eigenvalue weighted by Crippen LogP contribution is -2.42. The Bertz CT molecular complexity index is 1080. The normalized spacial score (nSPS) is 17.4. The number of aryl methyl sites for hydroxylation is 2. The fourth-order valence-electron chi connectivity index (χ4n) is 3.82. The average Bonchev–Trinajstić information content (AvgIpc) is 3.31.